The van der Waals surface area contributed by atoms with Crippen molar-refractivity contribution in [3.63, 3.8) is 0 Å². The van der Waals surface area contributed by atoms with Crippen LogP contribution in [0.25, 0.3) is 0 Å². The van der Waals surface area contributed by atoms with Gasteiger partial charge in [-0.15, -0.1) is 0 Å². The molecule has 0 aromatic heterocycles. The molecule has 1 heterocycles. The predicted molar refractivity (Wildman–Crippen MR) is 89.7 cm³/mol. The minimum atomic E-state index is -0.673. The van der Waals surface area contributed by atoms with Gasteiger partial charge in [-0.3, -0.25) is 9.69 Å². The number of nitrogens with zero attached hydrogens (tertiary/aromatic N) is 2. The van der Waals surface area contributed by atoms with Crippen LogP contribution in [0.4, 0.5) is 4.79 Å². The maximum Gasteiger partial charge on any atom is 0.312 e. The van der Waals surface area contributed by atoms with Crippen LogP contribution in [-0.4, -0.2) is 54.0 Å². The number of rotatable bonds is 5. The van der Waals surface area contributed by atoms with Gasteiger partial charge >= 0.3 is 6.03 Å². The van der Waals surface area contributed by atoms with Gasteiger partial charge in [-0.1, -0.05) is 30.3 Å². The molecule has 1 aliphatic rings. The van der Waals surface area contributed by atoms with E-state index >= 15 is 0 Å². The Balaban J connectivity index is 1.92. The van der Waals surface area contributed by atoms with E-state index in [2.05, 4.69) is 22.3 Å². The highest BCUT2D eigenvalue weighted by Gasteiger charge is 2.28. The van der Waals surface area contributed by atoms with Crippen LogP contribution in [0.2, 0.25) is 0 Å². The number of carbonyl (C=O) groups excluding carboxylic acids is 2. The number of amides is 3. The Morgan fingerprint density at radius 1 is 1.39 bits per heavy atom. The van der Waals surface area contributed by atoms with E-state index in [9.17, 15) is 9.59 Å². The molecule has 2 rings (SSSR count). The Morgan fingerprint density at radius 3 is 2.74 bits per heavy atom. The zero-order valence-electron chi connectivity index (χ0n) is 13.9. The number of nitrogens with one attached hydrogen (secondary N) is 1. The molecule has 1 aromatic rings. The van der Waals surface area contributed by atoms with Gasteiger partial charge in [0.15, 0.2) is 0 Å². The lowest BCUT2D eigenvalue weighted by atomic mass is 10.0. The fourth-order valence-corrected chi connectivity index (χ4v) is 3.09. The summed E-state index contributed by atoms with van der Waals surface area (Å²) in [7, 11) is 1.80. The summed E-state index contributed by atoms with van der Waals surface area (Å²) in [6, 6.07) is 9.25. The van der Waals surface area contributed by atoms with Crippen LogP contribution in [0.5, 0.6) is 0 Å². The maximum absolute atomic E-state index is 12.4. The van der Waals surface area contributed by atoms with Crippen molar-refractivity contribution in [2.75, 3.05) is 20.1 Å². The first kappa shape index (κ1) is 17.3. The number of carbonyl (C=O) groups is 2. The molecule has 1 saturated heterocycles. The fraction of sp³-hybridized carbons (Fsp3) is 0.529. The van der Waals surface area contributed by atoms with Crippen molar-refractivity contribution in [3.8, 4) is 0 Å². The van der Waals surface area contributed by atoms with Crippen molar-refractivity contribution in [2.24, 2.45) is 5.73 Å². The third-order valence-corrected chi connectivity index (χ3v) is 4.35. The molecule has 2 atom stereocenters. The molecule has 0 saturated carbocycles. The van der Waals surface area contributed by atoms with E-state index in [1.807, 2.05) is 18.2 Å². The van der Waals surface area contributed by atoms with Gasteiger partial charge in [0, 0.05) is 26.2 Å². The van der Waals surface area contributed by atoms with E-state index in [0.717, 1.165) is 32.5 Å². The van der Waals surface area contributed by atoms with Gasteiger partial charge in [0.1, 0.15) is 6.04 Å². The van der Waals surface area contributed by atoms with Crippen LogP contribution in [0.3, 0.4) is 0 Å². The van der Waals surface area contributed by atoms with E-state index in [4.69, 9.17) is 5.73 Å². The Morgan fingerprint density at radius 2 is 2.09 bits per heavy atom. The van der Waals surface area contributed by atoms with Gasteiger partial charge in [0.2, 0.25) is 5.91 Å². The average molecular weight is 318 g/mol. The lowest BCUT2D eigenvalue weighted by Crippen LogP contribution is -2.54. The first-order chi connectivity index (χ1) is 11.0. The molecule has 1 aliphatic heterocycles. The molecule has 0 bridgehead atoms. The lowest BCUT2D eigenvalue weighted by molar-refractivity contribution is -0.134. The van der Waals surface area contributed by atoms with Crippen LogP contribution in [0.15, 0.2) is 30.3 Å². The Hall–Kier alpha value is -2.08. The van der Waals surface area contributed by atoms with Crippen LogP contribution in [0.1, 0.15) is 25.3 Å². The van der Waals surface area contributed by atoms with Crippen LogP contribution in [-0.2, 0) is 11.3 Å². The van der Waals surface area contributed by atoms with E-state index in [1.54, 1.807) is 18.9 Å². The molecule has 1 aromatic carbocycles. The molecule has 3 N–H and O–H groups in total. The summed E-state index contributed by atoms with van der Waals surface area (Å²) < 4.78 is 0. The van der Waals surface area contributed by atoms with Crippen molar-refractivity contribution in [3.05, 3.63) is 35.9 Å². The van der Waals surface area contributed by atoms with Crippen molar-refractivity contribution >= 4 is 11.9 Å². The van der Waals surface area contributed by atoms with Gasteiger partial charge in [-0.25, -0.2) is 4.79 Å². The van der Waals surface area contributed by atoms with Crippen molar-refractivity contribution < 1.29 is 9.59 Å². The summed E-state index contributed by atoms with van der Waals surface area (Å²) >= 11 is 0. The van der Waals surface area contributed by atoms with E-state index in [0.29, 0.717) is 0 Å². The smallest absolute Gasteiger partial charge is 0.312 e. The summed E-state index contributed by atoms with van der Waals surface area (Å²) in [5.41, 5.74) is 6.37. The Labute approximate surface area is 137 Å². The first-order valence-electron chi connectivity index (χ1n) is 8.06. The quantitative estimate of drug-likeness (QED) is 0.855. The van der Waals surface area contributed by atoms with Crippen molar-refractivity contribution in [1.82, 2.24) is 15.1 Å². The molecule has 126 valence electrons. The zero-order valence-corrected chi connectivity index (χ0v) is 13.9. The van der Waals surface area contributed by atoms with E-state index in [1.165, 1.54) is 5.56 Å². The fourth-order valence-electron chi connectivity index (χ4n) is 3.09. The molecule has 1 fully saturated rings. The van der Waals surface area contributed by atoms with E-state index < -0.39 is 12.1 Å². The van der Waals surface area contributed by atoms with Gasteiger partial charge in [-0.05, 0) is 31.9 Å². The second-order valence-corrected chi connectivity index (χ2v) is 6.20. The highest BCUT2D eigenvalue weighted by molar-refractivity contribution is 5.86. The second kappa shape index (κ2) is 7.97. The molecular weight excluding hydrogens is 292 g/mol. The highest BCUT2D eigenvalue weighted by Crippen LogP contribution is 2.17. The summed E-state index contributed by atoms with van der Waals surface area (Å²) in [5.74, 6) is -0.102. The molecule has 0 radical (unpaired) electrons. The highest BCUT2D eigenvalue weighted by atomic mass is 16.2. The SMILES string of the molecule is CC(NC(N)=O)C(=O)N(C)C1CCCN(Cc2ccccc2)C1. The second-order valence-electron chi connectivity index (χ2n) is 6.20. The Kier molecular flexibility index (Phi) is 5.98. The van der Waals surface area contributed by atoms with Gasteiger partial charge < -0.3 is 16.0 Å². The normalized spacial score (nSPS) is 19.8. The van der Waals surface area contributed by atoms with Gasteiger partial charge in [-0.2, -0.15) is 0 Å². The third kappa shape index (κ3) is 4.96. The number of likely N-dealkylation sites (N-methyl/N-ethyl adjacent to an activating group) is 1. The number of primary amides is 1. The lowest BCUT2D eigenvalue weighted by Gasteiger charge is -2.38. The first-order valence-corrected chi connectivity index (χ1v) is 8.06. The molecule has 6 nitrogen and oxygen atoms in total. The molecule has 0 spiro atoms. The molecule has 2 unspecified atom stereocenters. The molecule has 6 heteroatoms. The number of hydrogen-bond acceptors (Lipinski definition) is 3. The summed E-state index contributed by atoms with van der Waals surface area (Å²) in [4.78, 5) is 27.4. The summed E-state index contributed by atoms with van der Waals surface area (Å²) in [5, 5.41) is 2.45. The topological polar surface area (TPSA) is 78.7 Å². The number of likely N-dealkylation sites (tertiary alicyclic amines) is 1. The minimum absolute atomic E-state index is 0.102. The largest absolute Gasteiger partial charge is 0.352 e. The molecule has 3 amide bonds. The van der Waals surface area contributed by atoms with Crippen LogP contribution >= 0.6 is 0 Å². The predicted octanol–water partition coefficient (Wildman–Crippen LogP) is 1.17. The summed E-state index contributed by atoms with van der Waals surface area (Å²) in [6.07, 6.45) is 2.05. The van der Waals surface area contributed by atoms with Crippen molar-refractivity contribution in [2.45, 2.75) is 38.4 Å². The molecule has 0 aliphatic carbocycles. The number of benzene rings is 1. The standard InChI is InChI=1S/C17H26N4O2/c1-13(19-17(18)23)16(22)20(2)15-9-6-10-21(12-15)11-14-7-4-3-5-8-14/h3-5,7-8,13,15H,6,9-12H2,1-2H3,(H3,18,19,23). The van der Waals surface area contributed by atoms with Crippen molar-refractivity contribution in [1.29, 1.82) is 0 Å². The number of nitrogens with two attached hydrogens (primary N) is 1. The Bertz CT molecular complexity index is 535. The molecule has 23 heavy (non-hydrogen) atoms. The zero-order chi connectivity index (χ0) is 16.8. The van der Waals surface area contributed by atoms with Crippen LogP contribution < -0.4 is 11.1 Å². The van der Waals surface area contributed by atoms with Crippen LogP contribution in [0, 0.1) is 0 Å². The maximum atomic E-state index is 12.4. The monoisotopic (exact) mass is 318 g/mol. The minimum Gasteiger partial charge on any atom is -0.352 e. The number of urea groups is 1. The number of piperidine rings is 1. The average Bonchev–Trinajstić information content (AvgIpc) is 2.54. The summed E-state index contributed by atoms with van der Waals surface area (Å²) in [6.45, 7) is 4.45. The van der Waals surface area contributed by atoms with Gasteiger partial charge in [0.25, 0.3) is 0 Å². The van der Waals surface area contributed by atoms with E-state index in [-0.39, 0.29) is 11.9 Å². The molecular formula is C17H26N4O2. The number of hydrogen-bond donors (Lipinski definition) is 2. The third-order valence-electron chi connectivity index (χ3n) is 4.35. The van der Waals surface area contributed by atoms with Gasteiger partial charge in [0.05, 0.1) is 0 Å².